The van der Waals surface area contributed by atoms with Gasteiger partial charge >= 0.3 is 0 Å². The Labute approximate surface area is 95.5 Å². The lowest BCUT2D eigenvalue weighted by molar-refractivity contribution is -0.118. The van der Waals surface area contributed by atoms with Crippen molar-refractivity contribution >= 4 is 11.6 Å². The normalized spacial score (nSPS) is 12.6. The molecule has 0 aromatic heterocycles. The van der Waals surface area contributed by atoms with Gasteiger partial charge in [0, 0.05) is 5.69 Å². The van der Waals surface area contributed by atoms with Crippen molar-refractivity contribution in [1.29, 1.82) is 0 Å². The average molecular weight is 222 g/mol. The van der Waals surface area contributed by atoms with E-state index in [0.717, 1.165) is 0 Å². The third-order valence-electron chi connectivity index (χ3n) is 2.38. The Balaban J connectivity index is 2.65. The second-order valence-corrected chi connectivity index (χ2v) is 4.06. The number of hydrogen-bond donors (Lipinski definition) is 3. The van der Waals surface area contributed by atoms with Gasteiger partial charge in [-0.2, -0.15) is 0 Å². The highest BCUT2D eigenvalue weighted by Gasteiger charge is 2.11. The van der Waals surface area contributed by atoms with E-state index in [1.807, 2.05) is 24.3 Å². The van der Waals surface area contributed by atoms with Crippen LogP contribution in [0, 0.1) is 0 Å². The number of aliphatic hydroxyl groups excluding tert-OH is 1. The molecule has 4 heteroatoms. The number of benzene rings is 1. The van der Waals surface area contributed by atoms with Crippen molar-refractivity contribution in [3.8, 4) is 0 Å². The van der Waals surface area contributed by atoms with Crippen molar-refractivity contribution in [2.24, 2.45) is 5.73 Å². The Bertz CT molecular complexity index is 347. The van der Waals surface area contributed by atoms with E-state index in [2.05, 4.69) is 19.2 Å². The Kier molecular flexibility index (Phi) is 4.46. The summed E-state index contributed by atoms with van der Waals surface area (Å²) < 4.78 is 0. The van der Waals surface area contributed by atoms with Crippen LogP contribution in [0.2, 0.25) is 0 Å². The van der Waals surface area contributed by atoms with Gasteiger partial charge in [-0.1, -0.05) is 26.0 Å². The molecule has 1 rings (SSSR count). The molecule has 0 aliphatic carbocycles. The van der Waals surface area contributed by atoms with Gasteiger partial charge in [0.1, 0.15) is 6.04 Å². The smallest absolute Gasteiger partial charge is 0.243 e. The third-order valence-corrected chi connectivity index (χ3v) is 2.38. The third kappa shape index (κ3) is 3.32. The highest BCUT2D eigenvalue weighted by molar-refractivity contribution is 5.94. The fraction of sp³-hybridized carbons (Fsp3) is 0.417. The fourth-order valence-electron chi connectivity index (χ4n) is 1.27. The van der Waals surface area contributed by atoms with Gasteiger partial charge in [-0.05, 0) is 23.6 Å². The molecule has 0 bridgehead atoms. The number of rotatable bonds is 4. The number of aliphatic hydroxyl groups is 1. The Morgan fingerprint density at radius 2 is 1.94 bits per heavy atom. The fourth-order valence-corrected chi connectivity index (χ4v) is 1.27. The summed E-state index contributed by atoms with van der Waals surface area (Å²) in [7, 11) is 0. The predicted octanol–water partition coefficient (Wildman–Crippen LogP) is 1.07. The molecule has 0 saturated heterocycles. The van der Waals surface area contributed by atoms with Crippen LogP contribution in [0.1, 0.15) is 25.3 Å². The van der Waals surface area contributed by atoms with Crippen molar-refractivity contribution in [1.82, 2.24) is 0 Å². The number of nitrogens with one attached hydrogen (secondary N) is 1. The van der Waals surface area contributed by atoms with Crippen molar-refractivity contribution in [2.75, 3.05) is 11.9 Å². The van der Waals surface area contributed by atoms with E-state index in [1.54, 1.807) is 0 Å². The van der Waals surface area contributed by atoms with Crippen LogP contribution in [-0.4, -0.2) is 23.7 Å². The highest BCUT2D eigenvalue weighted by Crippen LogP contribution is 2.17. The van der Waals surface area contributed by atoms with Crippen molar-refractivity contribution in [3.05, 3.63) is 29.8 Å². The summed E-state index contributed by atoms with van der Waals surface area (Å²) in [6, 6.07) is 6.72. The molecule has 1 unspecified atom stereocenters. The van der Waals surface area contributed by atoms with Crippen LogP contribution >= 0.6 is 0 Å². The van der Waals surface area contributed by atoms with Gasteiger partial charge in [-0.15, -0.1) is 0 Å². The molecule has 4 N–H and O–H groups in total. The lowest BCUT2D eigenvalue weighted by Gasteiger charge is -2.11. The maximum Gasteiger partial charge on any atom is 0.243 e. The van der Waals surface area contributed by atoms with Gasteiger partial charge in [0.15, 0.2) is 0 Å². The maximum absolute atomic E-state index is 11.4. The van der Waals surface area contributed by atoms with E-state index in [0.29, 0.717) is 11.6 Å². The van der Waals surface area contributed by atoms with Gasteiger partial charge < -0.3 is 16.2 Å². The molecule has 1 aromatic rings. The van der Waals surface area contributed by atoms with E-state index >= 15 is 0 Å². The Morgan fingerprint density at radius 1 is 1.38 bits per heavy atom. The number of anilines is 1. The topological polar surface area (TPSA) is 75.4 Å². The summed E-state index contributed by atoms with van der Waals surface area (Å²) in [5.74, 6) is 0.0873. The first-order valence-corrected chi connectivity index (χ1v) is 5.32. The molecule has 0 aliphatic rings. The molecule has 1 atom stereocenters. The minimum atomic E-state index is -0.871. The number of hydrogen-bond acceptors (Lipinski definition) is 3. The van der Waals surface area contributed by atoms with E-state index in [-0.39, 0.29) is 12.5 Å². The molecule has 0 fully saturated rings. The molecule has 4 nitrogen and oxygen atoms in total. The van der Waals surface area contributed by atoms with Crippen molar-refractivity contribution < 1.29 is 9.90 Å². The van der Waals surface area contributed by atoms with Crippen LogP contribution in [-0.2, 0) is 4.79 Å². The predicted molar refractivity (Wildman–Crippen MR) is 64.2 cm³/mol. The number of carbonyl (C=O) groups is 1. The van der Waals surface area contributed by atoms with Crippen LogP contribution in [0.15, 0.2) is 24.3 Å². The first-order valence-electron chi connectivity index (χ1n) is 5.32. The number of carbonyl (C=O) groups excluding carboxylic acids is 1. The quantitative estimate of drug-likeness (QED) is 0.713. The first-order chi connectivity index (χ1) is 7.54. The highest BCUT2D eigenvalue weighted by atomic mass is 16.3. The maximum atomic E-state index is 11.4. The standard InChI is InChI=1S/C12H18N2O2/c1-8(2)9-3-5-10(6-4-9)14-12(16)11(13)7-15/h3-6,8,11,15H,7,13H2,1-2H3,(H,14,16). The van der Waals surface area contributed by atoms with E-state index in [1.165, 1.54) is 5.56 Å². The molecule has 88 valence electrons. The number of amides is 1. The van der Waals surface area contributed by atoms with Gasteiger partial charge in [-0.25, -0.2) is 0 Å². The lowest BCUT2D eigenvalue weighted by Crippen LogP contribution is -2.38. The molecule has 0 spiro atoms. The SMILES string of the molecule is CC(C)c1ccc(NC(=O)C(N)CO)cc1. The second-order valence-electron chi connectivity index (χ2n) is 4.06. The van der Waals surface area contributed by atoms with Crippen LogP contribution < -0.4 is 11.1 Å². The Morgan fingerprint density at radius 3 is 2.38 bits per heavy atom. The summed E-state index contributed by atoms with van der Waals surface area (Å²) >= 11 is 0. The largest absolute Gasteiger partial charge is 0.394 e. The summed E-state index contributed by atoms with van der Waals surface area (Å²) in [5, 5.41) is 11.3. The molecule has 1 aromatic carbocycles. The van der Waals surface area contributed by atoms with Crippen molar-refractivity contribution in [2.45, 2.75) is 25.8 Å². The average Bonchev–Trinajstić information content (AvgIpc) is 2.28. The van der Waals surface area contributed by atoms with E-state index < -0.39 is 6.04 Å². The zero-order valence-electron chi connectivity index (χ0n) is 9.60. The molecular formula is C12H18N2O2. The van der Waals surface area contributed by atoms with Gasteiger partial charge in [-0.3, -0.25) is 4.79 Å². The van der Waals surface area contributed by atoms with E-state index in [9.17, 15) is 4.79 Å². The molecule has 0 saturated carbocycles. The minimum absolute atomic E-state index is 0.351. The van der Waals surface area contributed by atoms with Crippen LogP contribution in [0.3, 0.4) is 0 Å². The second kappa shape index (κ2) is 5.63. The first kappa shape index (κ1) is 12.7. The minimum Gasteiger partial charge on any atom is -0.394 e. The lowest BCUT2D eigenvalue weighted by atomic mass is 10.0. The van der Waals surface area contributed by atoms with Gasteiger partial charge in [0.2, 0.25) is 5.91 Å². The van der Waals surface area contributed by atoms with Crippen LogP contribution in [0.25, 0.3) is 0 Å². The van der Waals surface area contributed by atoms with Crippen LogP contribution in [0.4, 0.5) is 5.69 Å². The monoisotopic (exact) mass is 222 g/mol. The molecule has 16 heavy (non-hydrogen) atoms. The summed E-state index contributed by atoms with van der Waals surface area (Å²) in [5.41, 5.74) is 7.29. The van der Waals surface area contributed by atoms with Gasteiger partial charge in [0.25, 0.3) is 0 Å². The van der Waals surface area contributed by atoms with Crippen LogP contribution in [0.5, 0.6) is 0 Å². The summed E-state index contributed by atoms with van der Waals surface area (Å²) in [6.45, 7) is 3.86. The molecule has 0 heterocycles. The molecule has 0 radical (unpaired) electrons. The summed E-state index contributed by atoms with van der Waals surface area (Å²) in [4.78, 5) is 11.4. The molecule has 1 amide bonds. The summed E-state index contributed by atoms with van der Waals surface area (Å²) in [6.07, 6.45) is 0. The number of nitrogens with two attached hydrogens (primary N) is 1. The zero-order valence-corrected chi connectivity index (χ0v) is 9.60. The van der Waals surface area contributed by atoms with Gasteiger partial charge in [0.05, 0.1) is 6.61 Å². The van der Waals surface area contributed by atoms with Crippen molar-refractivity contribution in [3.63, 3.8) is 0 Å². The van der Waals surface area contributed by atoms with E-state index in [4.69, 9.17) is 10.8 Å². The molecule has 0 aliphatic heterocycles. The zero-order chi connectivity index (χ0) is 12.1. The molecular weight excluding hydrogens is 204 g/mol. The Hall–Kier alpha value is -1.39.